The van der Waals surface area contributed by atoms with Crippen molar-refractivity contribution in [3.8, 4) is 5.75 Å². The Labute approximate surface area is 141 Å². The minimum absolute atomic E-state index is 0.276. The van der Waals surface area contributed by atoms with Crippen LogP contribution in [0.4, 0.5) is 0 Å². The van der Waals surface area contributed by atoms with Crippen LogP contribution < -0.4 is 10.6 Å². The third-order valence-corrected chi connectivity index (χ3v) is 4.48. The first-order valence-corrected chi connectivity index (χ1v) is 8.76. The molecule has 2 aromatic rings. The number of aromatic nitrogens is 1. The van der Waals surface area contributed by atoms with E-state index in [9.17, 15) is 5.11 Å². The second-order valence-electron chi connectivity index (χ2n) is 5.11. The van der Waals surface area contributed by atoms with E-state index in [1.165, 1.54) is 4.88 Å². The summed E-state index contributed by atoms with van der Waals surface area (Å²) in [7, 11) is 0. The minimum Gasteiger partial charge on any atom is -0.508 e. The van der Waals surface area contributed by atoms with Crippen molar-refractivity contribution in [3.05, 3.63) is 45.9 Å². The topological polar surface area (TPSA) is 69.5 Å². The molecule has 0 aliphatic rings. The van der Waals surface area contributed by atoms with Crippen LogP contribution in [0.2, 0.25) is 0 Å². The highest BCUT2D eigenvalue weighted by Gasteiger charge is 2.02. The number of nitrogens with zero attached hydrogens (tertiary/aromatic N) is 2. The molecule has 0 amide bonds. The summed E-state index contributed by atoms with van der Waals surface area (Å²) in [5.41, 5.74) is 1.06. The number of phenols is 1. The molecule has 0 unspecified atom stereocenters. The van der Waals surface area contributed by atoms with Crippen LogP contribution in [0.1, 0.15) is 29.3 Å². The van der Waals surface area contributed by atoms with Crippen LogP contribution >= 0.6 is 11.3 Å². The highest BCUT2D eigenvalue weighted by molar-refractivity contribution is 7.11. The molecule has 0 aliphatic carbocycles. The van der Waals surface area contributed by atoms with E-state index in [4.69, 9.17) is 0 Å². The molecule has 1 aromatic heterocycles. The number of aryl methyl sites for hydroxylation is 1. The zero-order valence-corrected chi connectivity index (χ0v) is 14.5. The van der Waals surface area contributed by atoms with Crippen molar-refractivity contribution in [2.75, 3.05) is 13.1 Å². The van der Waals surface area contributed by atoms with E-state index in [1.807, 2.05) is 25.3 Å². The Morgan fingerprint density at radius 1 is 1.22 bits per heavy atom. The van der Waals surface area contributed by atoms with Crippen LogP contribution in [0.15, 0.2) is 35.5 Å². The highest BCUT2D eigenvalue weighted by Crippen LogP contribution is 2.13. The molecule has 0 bridgehead atoms. The van der Waals surface area contributed by atoms with Gasteiger partial charge in [0.2, 0.25) is 0 Å². The molecule has 1 aromatic carbocycles. The van der Waals surface area contributed by atoms with Crippen LogP contribution in [-0.2, 0) is 19.4 Å². The SMILES string of the molecule is CCNC(=NCc1ccc(O)cc1)NCCc1ncc(CC)s1. The predicted molar refractivity (Wildman–Crippen MR) is 96.1 cm³/mol. The van der Waals surface area contributed by atoms with Gasteiger partial charge >= 0.3 is 0 Å². The maximum absolute atomic E-state index is 9.30. The first kappa shape index (κ1) is 17.3. The van der Waals surface area contributed by atoms with Crippen molar-refractivity contribution < 1.29 is 5.11 Å². The smallest absolute Gasteiger partial charge is 0.191 e. The molecule has 2 rings (SSSR count). The van der Waals surface area contributed by atoms with Gasteiger partial charge in [-0.05, 0) is 31.0 Å². The summed E-state index contributed by atoms with van der Waals surface area (Å²) >= 11 is 1.77. The van der Waals surface area contributed by atoms with E-state index in [0.717, 1.165) is 42.5 Å². The predicted octanol–water partition coefficient (Wildman–Crippen LogP) is 2.71. The fourth-order valence-corrected chi connectivity index (χ4v) is 2.89. The van der Waals surface area contributed by atoms with Gasteiger partial charge in [-0.3, -0.25) is 0 Å². The van der Waals surface area contributed by atoms with E-state index in [-0.39, 0.29) is 5.75 Å². The number of thiazole rings is 1. The number of aliphatic imine (C=N–C) groups is 1. The average Bonchev–Trinajstić information content (AvgIpc) is 3.02. The van der Waals surface area contributed by atoms with Gasteiger partial charge in [-0.25, -0.2) is 9.98 Å². The Bertz CT molecular complexity index is 622. The molecular weight excluding hydrogens is 308 g/mol. The van der Waals surface area contributed by atoms with Crippen LogP contribution in [0.5, 0.6) is 5.75 Å². The average molecular weight is 332 g/mol. The van der Waals surface area contributed by atoms with Gasteiger partial charge in [0.15, 0.2) is 5.96 Å². The molecule has 0 fully saturated rings. The van der Waals surface area contributed by atoms with Gasteiger partial charge in [-0.1, -0.05) is 19.1 Å². The Hall–Kier alpha value is -2.08. The number of hydrogen-bond donors (Lipinski definition) is 3. The highest BCUT2D eigenvalue weighted by atomic mass is 32.1. The van der Waals surface area contributed by atoms with E-state index < -0.39 is 0 Å². The molecule has 124 valence electrons. The van der Waals surface area contributed by atoms with Gasteiger partial charge in [-0.2, -0.15) is 0 Å². The Morgan fingerprint density at radius 2 is 2.00 bits per heavy atom. The molecule has 0 spiro atoms. The van der Waals surface area contributed by atoms with Gasteiger partial charge < -0.3 is 15.7 Å². The van der Waals surface area contributed by atoms with Gasteiger partial charge in [0, 0.05) is 30.6 Å². The van der Waals surface area contributed by atoms with Crippen molar-refractivity contribution in [2.24, 2.45) is 4.99 Å². The molecular formula is C17H24N4OS. The molecule has 0 radical (unpaired) electrons. The fourth-order valence-electron chi connectivity index (χ4n) is 2.03. The lowest BCUT2D eigenvalue weighted by Crippen LogP contribution is -2.38. The van der Waals surface area contributed by atoms with Gasteiger partial charge in [0.05, 0.1) is 11.6 Å². The first-order chi connectivity index (χ1) is 11.2. The second-order valence-corrected chi connectivity index (χ2v) is 6.31. The zero-order valence-electron chi connectivity index (χ0n) is 13.7. The monoisotopic (exact) mass is 332 g/mol. The van der Waals surface area contributed by atoms with E-state index in [0.29, 0.717) is 6.54 Å². The summed E-state index contributed by atoms with van der Waals surface area (Å²) in [6, 6.07) is 7.12. The van der Waals surface area contributed by atoms with Gasteiger partial charge in [-0.15, -0.1) is 11.3 Å². The standard InChI is InChI=1S/C17H24N4OS/c1-3-15-12-20-16(23-15)9-10-19-17(18-4-2)21-11-13-5-7-14(22)8-6-13/h5-8,12,22H,3-4,9-11H2,1-2H3,(H2,18,19,21). The summed E-state index contributed by atoms with van der Waals surface area (Å²) in [6.07, 6.45) is 3.90. The Kier molecular flexibility index (Phi) is 6.87. The molecule has 0 saturated heterocycles. The molecule has 6 heteroatoms. The van der Waals surface area contributed by atoms with Crippen molar-refractivity contribution in [1.29, 1.82) is 0 Å². The van der Waals surface area contributed by atoms with E-state index >= 15 is 0 Å². The number of phenolic OH excluding ortho intramolecular Hbond substituents is 1. The molecule has 5 nitrogen and oxygen atoms in total. The molecule has 0 saturated carbocycles. The van der Waals surface area contributed by atoms with Crippen LogP contribution in [-0.4, -0.2) is 29.1 Å². The lowest BCUT2D eigenvalue weighted by Gasteiger charge is -2.10. The third-order valence-electron chi connectivity index (χ3n) is 3.28. The lowest BCUT2D eigenvalue weighted by atomic mass is 10.2. The number of hydrogen-bond acceptors (Lipinski definition) is 4. The van der Waals surface area contributed by atoms with Crippen molar-refractivity contribution in [3.63, 3.8) is 0 Å². The Morgan fingerprint density at radius 3 is 2.65 bits per heavy atom. The number of nitrogens with one attached hydrogen (secondary N) is 2. The largest absolute Gasteiger partial charge is 0.508 e. The molecule has 23 heavy (non-hydrogen) atoms. The molecule has 1 heterocycles. The second kappa shape index (κ2) is 9.15. The van der Waals surface area contributed by atoms with E-state index in [1.54, 1.807) is 23.5 Å². The van der Waals surface area contributed by atoms with Crippen molar-refractivity contribution >= 4 is 17.3 Å². The molecule has 0 aliphatic heterocycles. The minimum atomic E-state index is 0.276. The van der Waals surface area contributed by atoms with Crippen molar-refractivity contribution in [2.45, 2.75) is 33.2 Å². The lowest BCUT2D eigenvalue weighted by molar-refractivity contribution is 0.475. The normalized spacial score (nSPS) is 11.5. The fraction of sp³-hybridized carbons (Fsp3) is 0.412. The summed E-state index contributed by atoms with van der Waals surface area (Å²) in [6.45, 7) is 6.39. The summed E-state index contributed by atoms with van der Waals surface area (Å²) in [5, 5.41) is 17.0. The molecule has 0 atom stereocenters. The first-order valence-electron chi connectivity index (χ1n) is 7.95. The van der Waals surface area contributed by atoms with Crippen LogP contribution in [0.3, 0.4) is 0 Å². The van der Waals surface area contributed by atoms with Crippen LogP contribution in [0.25, 0.3) is 0 Å². The number of benzene rings is 1. The number of aromatic hydroxyl groups is 1. The molecule has 3 N–H and O–H groups in total. The summed E-state index contributed by atoms with van der Waals surface area (Å²) in [5.74, 6) is 1.07. The quantitative estimate of drug-likeness (QED) is 0.539. The third kappa shape index (κ3) is 5.90. The number of rotatable bonds is 7. The Balaban J connectivity index is 1.84. The van der Waals surface area contributed by atoms with E-state index in [2.05, 4.69) is 27.5 Å². The van der Waals surface area contributed by atoms with Gasteiger partial charge in [0.25, 0.3) is 0 Å². The van der Waals surface area contributed by atoms with Crippen LogP contribution in [0, 0.1) is 0 Å². The summed E-state index contributed by atoms with van der Waals surface area (Å²) in [4.78, 5) is 10.3. The zero-order chi connectivity index (χ0) is 16.5. The maximum atomic E-state index is 9.30. The van der Waals surface area contributed by atoms with Gasteiger partial charge in [0.1, 0.15) is 5.75 Å². The summed E-state index contributed by atoms with van der Waals surface area (Å²) < 4.78 is 0. The number of guanidine groups is 1. The maximum Gasteiger partial charge on any atom is 0.191 e. The van der Waals surface area contributed by atoms with Crippen molar-refractivity contribution in [1.82, 2.24) is 15.6 Å².